The van der Waals surface area contributed by atoms with E-state index < -0.39 is 5.82 Å². The average Bonchev–Trinajstić information content (AvgIpc) is 2.38. The molecule has 19 heavy (non-hydrogen) atoms. The van der Waals surface area contributed by atoms with Crippen molar-refractivity contribution in [2.75, 3.05) is 17.2 Å². The molecular formula is C13H14ClFN4. The first-order valence-corrected chi connectivity index (χ1v) is 6.27. The Morgan fingerprint density at radius 2 is 2.16 bits per heavy atom. The molecule has 0 spiro atoms. The summed E-state index contributed by atoms with van der Waals surface area (Å²) in [5.74, 6) is 0.697. The fourth-order valence-corrected chi connectivity index (χ4v) is 1.64. The van der Waals surface area contributed by atoms with Crippen molar-refractivity contribution in [3.8, 4) is 0 Å². The number of hydrogen-bond donors (Lipinski definition) is 2. The predicted octanol–water partition coefficient (Wildman–Crippen LogP) is 3.75. The maximum absolute atomic E-state index is 13.4. The summed E-state index contributed by atoms with van der Waals surface area (Å²) >= 11 is 5.64. The Labute approximate surface area is 116 Å². The third-order valence-corrected chi connectivity index (χ3v) is 2.80. The standard InChI is InChI=1S/C13H14ClFN4/c1-3-16-13-17-7-8(2)12(19-13)18-9-4-5-10(14)11(15)6-9/h4-7H,3H2,1-2H3,(H2,16,17,18,19). The molecule has 1 aromatic heterocycles. The van der Waals surface area contributed by atoms with Crippen LogP contribution in [-0.4, -0.2) is 16.5 Å². The molecule has 4 nitrogen and oxygen atoms in total. The van der Waals surface area contributed by atoms with Gasteiger partial charge < -0.3 is 10.6 Å². The van der Waals surface area contributed by atoms with Gasteiger partial charge >= 0.3 is 0 Å². The molecule has 100 valence electrons. The Balaban J connectivity index is 2.26. The molecule has 0 bridgehead atoms. The van der Waals surface area contributed by atoms with Gasteiger partial charge in [-0.2, -0.15) is 4.98 Å². The quantitative estimate of drug-likeness (QED) is 0.895. The Kier molecular flexibility index (Phi) is 4.16. The van der Waals surface area contributed by atoms with E-state index in [9.17, 15) is 4.39 Å². The molecule has 0 unspecified atom stereocenters. The number of rotatable bonds is 4. The van der Waals surface area contributed by atoms with Crippen LogP contribution in [0.1, 0.15) is 12.5 Å². The zero-order valence-electron chi connectivity index (χ0n) is 10.7. The van der Waals surface area contributed by atoms with Crippen molar-refractivity contribution in [1.82, 2.24) is 9.97 Å². The van der Waals surface area contributed by atoms with E-state index >= 15 is 0 Å². The van der Waals surface area contributed by atoms with Crippen LogP contribution in [0, 0.1) is 12.7 Å². The minimum absolute atomic E-state index is 0.0956. The van der Waals surface area contributed by atoms with E-state index in [1.54, 1.807) is 12.3 Å². The molecular weight excluding hydrogens is 267 g/mol. The lowest BCUT2D eigenvalue weighted by molar-refractivity contribution is 0.629. The predicted molar refractivity (Wildman–Crippen MR) is 75.6 cm³/mol. The van der Waals surface area contributed by atoms with Crippen molar-refractivity contribution in [2.45, 2.75) is 13.8 Å². The Morgan fingerprint density at radius 1 is 1.37 bits per heavy atom. The molecule has 0 saturated carbocycles. The smallest absolute Gasteiger partial charge is 0.224 e. The molecule has 2 aromatic rings. The van der Waals surface area contributed by atoms with E-state index in [-0.39, 0.29) is 5.02 Å². The number of hydrogen-bond acceptors (Lipinski definition) is 4. The van der Waals surface area contributed by atoms with Gasteiger partial charge in [0.05, 0.1) is 5.02 Å². The Hall–Kier alpha value is -1.88. The molecule has 1 heterocycles. The number of nitrogens with zero attached hydrogens (tertiary/aromatic N) is 2. The summed E-state index contributed by atoms with van der Waals surface area (Å²) < 4.78 is 13.4. The fraction of sp³-hybridized carbons (Fsp3) is 0.231. The first kappa shape index (κ1) is 13.5. The summed E-state index contributed by atoms with van der Waals surface area (Å²) in [5, 5.41) is 6.17. The number of aryl methyl sites for hydroxylation is 1. The summed E-state index contributed by atoms with van der Waals surface area (Å²) in [6.45, 7) is 4.58. The second-order valence-electron chi connectivity index (χ2n) is 4.01. The first-order valence-electron chi connectivity index (χ1n) is 5.89. The molecule has 0 fully saturated rings. The van der Waals surface area contributed by atoms with Crippen molar-refractivity contribution in [2.24, 2.45) is 0 Å². The highest BCUT2D eigenvalue weighted by molar-refractivity contribution is 6.30. The van der Waals surface area contributed by atoms with E-state index in [0.717, 1.165) is 12.1 Å². The SMILES string of the molecule is CCNc1ncc(C)c(Nc2ccc(Cl)c(F)c2)n1. The molecule has 0 aliphatic carbocycles. The van der Waals surface area contributed by atoms with E-state index in [0.29, 0.717) is 17.5 Å². The molecule has 2 rings (SSSR count). The lowest BCUT2D eigenvalue weighted by Gasteiger charge is -2.10. The number of nitrogens with one attached hydrogen (secondary N) is 2. The first-order chi connectivity index (χ1) is 9.10. The highest BCUT2D eigenvalue weighted by Crippen LogP contribution is 2.23. The topological polar surface area (TPSA) is 49.8 Å². The molecule has 2 N–H and O–H groups in total. The van der Waals surface area contributed by atoms with Crippen molar-refractivity contribution in [1.29, 1.82) is 0 Å². The lowest BCUT2D eigenvalue weighted by Crippen LogP contribution is -2.05. The summed E-state index contributed by atoms with van der Waals surface area (Å²) in [4.78, 5) is 8.47. The third-order valence-electron chi connectivity index (χ3n) is 2.49. The Bertz CT molecular complexity index is 589. The normalized spacial score (nSPS) is 10.3. The zero-order chi connectivity index (χ0) is 13.8. The van der Waals surface area contributed by atoms with Crippen molar-refractivity contribution >= 4 is 29.1 Å². The molecule has 0 aliphatic heterocycles. The summed E-state index contributed by atoms with van der Waals surface area (Å²) in [7, 11) is 0. The Morgan fingerprint density at radius 3 is 2.84 bits per heavy atom. The third kappa shape index (κ3) is 3.32. The van der Waals surface area contributed by atoms with Crippen LogP contribution in [-0.2, 0) is 0 Å². The van der Waals surface area contributed by atoms with Crippen LogP contribution in [0.3, 0.4) is 0 Å². The second kappa shape index (κ2) is 5.84. The number of benzene rings is 1. The van der Waals surface area contributed by atoms with Gasteiger partial charge in [-0.15, -0.1) is 0 Å². The van der Waals surface area contributed by atoms with Crippen LogP contribution in [0.5, 0.6) is 0 Å². The van der Waals surface area contributed by atoms with Gasteiger partial charge in [-0.1, -0.05) is 11.6 Å². The molecule has 0 amide bonds. The van der Waals surface area contributed by atoms with Gasteiger partial charge in [0.15, 0.2) is 0 Å². The van der Waals surface area contributed by atoms with E-state index in [1.807, 2.05) is 13.8 Å². The molecule has 0 saturated heterocycles. The average molecular weight is 281 g/mol. The van der Waals surface area contributed by atoms with Crippen LogP contribution in [0.4, 0.5) is 21.8 Å². The minimum Gasteiger partial charge on any atom is -0.354 e. The number of halogens is 2. The van der Waals surface area contributed by atoms with E-state index in [2.05, 4.69) is 20.6 Å². The van der Waals surface area contributed by atoms with Gasteiger partial charge in [0.2, 0.25) is 5.95 Å². The highest BCUT2D eigenvalue weighted by atomic mass is 35.5. The van der Waals surface area contributed by atoms with Gasteiger partial charge in [0, 0.05) is 24.0 Å². The summed E-state index contributed by atoms with van der Waals surface area (Å²) in [6, 6.07) is 4.53. The van der Waals surface area contributed by atoms with Gasteiger partial charge in [0.1, 0.15) is 11.6 Å². The second-order valence-corrected chi connectivity index (χ2v) is 4.42. The van der Waals surface area contributed by atoms with Gasteiger partial charge in [-0.3, -0.25) is 0 Å². The van der Waals surface area contributed by atoms with Crippen LogP contribution < -0.4 is 10.6 Å². The van der Waals surface area contributed by atoms with Crippen molar-refractivity contribution in [3.63, 3.8) is 0 Å². The molecule has 0 aliphatic rings. The van der Waals surface area contributed by atoms with Crippen LogP contribution in [0.25, 0.3) is 0 Å². The van der Waals surface area contributed by atoms with Crippen molar-refractivity contribution in [3.05, 3.63) is 40.8 Å². The molecule has 6 heteroatoms. The summed E-state index contributed by atoms with van der Waals surface area (Å²) in [6.07, 6.45) is 1.71. The number of aromatic nitrogens is 2. The summed E-state index contributed by atoms with van der Waals surface area (Å²) in [5.41, 5.74) is 1.46. The molecule has 0 radical (unpaired) electrons. The van der Waals surface area contributed by atoms with Crippen LogP contribution in [0.2, 0.25) is 5.02 Å². The maximum Gasteiger partial charge on any atom is 0.224 e. The van der Waals surface area contributed by atoms with Gasteiger partial charge in [0.25, 0.3) is 0 Å². The maximum atomic E-state index is 13.4. The van der Waals surface area contributed by atoms with Crippen LogP contribution >= 0.6 is 11.6 Å². The lowest BCUT2D eigenvalue weighted by atomic mass is 10.3. The van der Waals surface area contributed by atoms with E-state index in [1.165, 1.54) is 12.1 Å². The van der Waals surface area contributed by atoms with E-state index in [4.69, 9.17) is 11.6 Å². The zero-order valence-corrected chi connectivity index (χ0v) is 11.4. The fourth-order valence-electron chi connectivity index (χ4n) is 1.52. The van der Waals surface area contributed by atoms with Gasteiger partial charge in [-0.25, -0.2) is 9.37 Å². The molecule has 1 aromatic carbocycles. The van der Waals surface area contributed by atoms with Crippen LogP contribution in [0.15, 0.2) is 24.4 Å². The highest BCUT2D eigenvalue weighted by Gasteiger charge is 2.06. The minimum atomic E-state index is -0.467. The van der Waals surface area contributed by atoms with Crippen molar-refractivity contribution < 1.29 is 4.39 Å². The molecule has 0 atom stereocenters. The number of anilines is 3. The van der Waals surface area contributed by atoms with Gasteiger partial charge in [-0.05, 0) is 32.0 Å². The monoisotopic (exact) mass is 280 g/mol. The largest absolute Gasteiger partial charge is 0.354 e.